The Morgan fingerprint density at radius 3 is 2.47 bits per heavy atom. The number of benzene rings is 1. The zero-order valence-electron chi connectivity index (χ0n) is 12.4. The van der Waals surface area contributed by atoms with E-state index in [4.69, 9.17) is 0 Å². The molecule has 1 aromatic carbocycles. The summed E-state index contributed by atoms with van der Waals surface area (Å²) < 4.78 is 0. The summed E-state index contributed by atoms with van der Waals surface area (Å²) in [7, 11) is 3.92. The lowest BCUT2D eigenvalue weighted by atomic mass is 10.0. The van der Waals surface area contributed by atoms with Crippen LogP contribution in [0.25, 0.3) is 0 Å². The van der Waals surface area contributed by atoms with Gasteiger partial charge in [-0.1, -0.05) is 50.1 Å². The van der Waals surface area contributed by atoms with E-state index < -0.39 is 0 Å². The summed E-state index contributed by atoms with van der Waals surface area (Å²) in [5.41, 5.74) is 1.20. The van der Waals surface area contributed by atoms with Gasteiger partial charge in [0.05, 0.1) is 6.04 Å². The number of carbonyl (C=O) groups excluding carboxylic acids is 1. The van der Waals surface area contributed by atoms with E-state index in [-0.39, 0.29) is 11.9 Å². The summed E-state index contributed by atoms with van der Waals surface area (Å²) in [6.07, 6.45) is 4.17. The molecule has 0 aliphatic heterocycles. The van der Waals surface area contributed by atoms with Crippen molar-refractivity contribution < 1.29 is 4.79 Å². The molecule has 0 saturated heterocycles. The maximum Gasteiger partial charge on any atom is 0.237 e. The number of hydrogen-bond donors (Lipinski definition) is 1. The molecular formula is C16H26N2O. The highest BCUT2D eigenvalue weighted by atomic mass is 16.2. The second-order valence-electron chi connectivity index (χ2n) is 5.17. The van der Waals surface area contributed by atoms with Crippen molar-refractivity contribution in [2.75, 3.05) is 20.6 Å². The van der Waals surface area contributed by atoms with Crippen molar-refractivity contribution in [1.29, 1.82) is 0 Å². The van der Waals surface area contributed by atoms with Crippen molar-refractivity contribution in [2.45, 2.75) is 38.6 Å². The molecule has 1 aromatic rings. The fourth-order valence-corrected chi connectivity index (χ4v) is 2.05. The monoisotopic (exact) mass is 262 g/mol. The van der Waals surface area contributed by atoms with Crippen LogP contribution in [0.1, 0.15) is 31.7 Å². The van der Waals surface area contributed by atoms with Crippen LogP contribution in [-0.2, 0) is 11.2 Å². The van der Waals surface area contributed by atoms with Crippen LogP contribution in [0.2, 0.25) is 0 Å². The molecule has 0 saturated carbocycles. The van der Waals surface area contributed by atoms with Gasteiger partial charge in [0, 0.05) is 6.54 Å². The van der Waals surface area contributed by atoms with Crippen molar-refractivity contribution in [2.24, 2.45) is 0 Å². The predicted octanol–water partition coefficient (Wildman–Crippen LogP) is 2.47. The van der Waals surface area contributed by atoms with Gasteiger partial charge in [-0.2, -0.15) is 0 Å². The smallest absolute Gasteiger partial charge is 0.237 e. The van der Waals surface area contributed by atoms with Crippen LogP contribution in [0.4, 0.5) is 0 Å². The first kappa shape index (κ1) is 15.7. The second-order valence-corrected chi connectivity index (χ2v) is 5.17. The van der Waals surface area contributed by atoms with Gasteiger partial charge < -0.3 is 5.32 Å². The standard InChI is InChI=1S/C16H26N2O/c1-4-5-9-12-17-16(19)15(18(2)3)13-14-10-7-6-8-11-14/h6-8,10-11,15H,4-5,9,12-13H2,1-3H3,(H,17,19). The summed E-state index contributed by atoms with van der Waals surface area (Å²) in [4.78, 5) is 14.2. The quantitative estimate of drug-likeness (QED) is 0.730. The first-order valence-corrected chi connectivity index (χ1v) is 7.13. The maximum absolute atomic E-state index is 12.2. The van der Waals surface area contributed by atoms with Gasteiger partial charge in [-0.25, -0.2) is 0 Å². The van der Waals surface area contributed by atoms with Crippen molar-refractivity contribution >= 4 is 5.91 Å². The molecule has 0 aromatic heterocycles. The van der Waals surface area contributed by atoms with Crippen LogP contribution in [-0.4, -0.2) is 37.5 Å². The fraction of sp³-hybridized carbons (Fsp3) is 0.562. The molecule has 0 aliphatic rings. The van der Waals surface area contributed by atoms with Gasteiger partial charge in [0.15, 0.2) is 0 Å². The lowest BCUT2D eigenvalue weighted by molar-refractivity contribution is -0.125. The summed E-state index contributed by atoms with van der Waals surface area (Å²) >= 11 is 0. The van der Waals surface area contributed by atoms with Crippen LogP contribution in [0.15, 0.2) is 30.3 Å². The Hall–Kier alpha value is -1.35. The third kappa shape index (κ3) is 5.88. The van der Waals surface area contributed by atoms with Crippen molar-refractivity contribution in [3.05, 3.63) is 35.9 Å². The van der Waals surface area contributed by atoms with E-state index in [1.807, 2.05) is 37.2 Å². The number of nitrogens with one attached hydrogen (secondary N) is 1. The number of carbonyl (C=O) groups is 1. The van der Waals surface area contributed by atoms with Gasteiger partial charge in [-0.3, -0.25) is 9.69 Å². The summed E-state index contributed by atoms with van der Waals surface area (Å²) in [6.45, 7) is 2.95. The highest BCUT2D eigenvalue weighted by molar-refractivity contribution is 5.82. The first-order valence-electron chi connectivity index (χ1n) is 7.13. The first-order chi connectivity index (χ1) is 9.15. The molecule has 1 unspecified atom stereocenters. The lowest BCUT2D eigenvalue weighted by Gasteiger charge is -2.23. The molecule has 3 nitrogen and oxygen atoms in total. The Labute approximate surface area is 117 Å². The minimum atomic E-state index is -0.0935. The third-order valence-corrected chi connectivity index (χ3v) is 3.28. The molecule has 0 aliphatic carbocycles. The molecule has 1 amide bonds. The van der Waals surface area contributed by atoms with Gasteiger partial charge in [-0.05, 0) is 32.5 Å². The highest BCUT2D eigenvalue weighted by Crippen LogP contribution is 2.07. The molecule has 0 bridgehead atoms. The van der Waals surface area contributed by atoms with E-state index in [0.717, 1.165) is 19.4 Å². The number of likely N-dealkylation sites (N-methyl/N-ethyl adjacent to an activating group) is 1. The maximum atomic E-state index is 12.2. The Morgan fingerprint density at radius 2 is 1.89 bits per heavy atom. The Morgan fingerprint density at radius 1 is 1.21 bits per heavy atom. The molecule has 0 radical (unpaired) electrons. The van der Waals surface area contributed by atoms with Crippen LogP contribution in [0, 0.1) is 0 Å². The van der Waals surface area contributed by atoms with E-state index >= 15 is 0 Å². The third-order valence-electron chi connectivity index (χ3n) is 3.28. The Kier molecular flexibility index (Phi) is 7.19. The van der Waals surface area contributed by atoms with Gasteiger partial charge in [0.2, 0.25) is 5.91 Å². The van der Waals surface area contributed by atoms with Crippen LogP contribution in [0.5, 0.6) is 0 Å². The molecule has 0 fully saturated rings. The fourth-order valence-electron chi connectivity index (χ4n) is 2.05. The molecule has 0 spiro atoms. The zero-order chi connectivity index (χ0) is 14.1. The van der Waals surface area contributed by atoms with Gasteiger partial charge >= 0.3 is 0 Å². The molecule has 3 heteroatoms. The molecule has 0 heterocycles. The zero-order valence-corrected chi connectivity index (χ0v) is 12.4. The topological polar surface area (TPSA) is 32.3 Å². The molecule has 1 atom stereocenters. The SMILES string of the molecule is CCCCCNC(=O)C(Cc1ccccc1)N(C)C. The van der Waals surface area contributed by atoms with Crippen molar-refractivity contribution in [3.63, 3.8) is 0 Å². The lowest BCUT2D eigenvalue weighted by Crippen LogP contribution is -2.45. The number of rotatable bonds is 8. The Balaban J connectivity index is 2.50. The van der Waals surface area contributed by atoms with E-state index in [1.165, 1.54) is 18.4 Å². The van der Waals surface area contributed by atoms with E-state index in [1.54, 1.807) is 0 Å². The number of nitrogens with zero attached hydrogens (tertiary/aromatic N) is 1. The molecule has 106 valence electrons. The van der Waals surface area contributed by atoms with E-state index in [0.29, 0.717) is 0 Å². The average Bonchev–Trinajstić information content (AvgIpc) is 2.41. The number of hydrogen-bond acceptors (Lipinski definition) is 2. The van der Waals surface area contributed by atoms with Crippen molar-refractivity contribution in [3.8, 4) is 0 Å². The van der Waals surface area contributed by atoms with Gasteiger partial charge in [0.25, 0.3) is 0 Å². The summed E-state index contributed by atoms with van der Waals surface area (Å²) in [5, 5.41) is 3.04. The molecular weight excluding hydrogens is 236 g/mol. The number of amides is 1. The average molecular weight is 262 g/mol. The predicted molar refractivity (Wildman–Crippen MR) is 80.2 cm³/mol. The minimum Gasteiger partial charge on any atom is -0.355 e. The van der Waals surface area contributed by atoms with Gasteiger partial charge in [0.1, 0.15) is 0 Å². The van der Waals surface area contributed by atoms with Gasteiger partial charge in [-0.15, -0.1) is 0 Å². The van der Waals surface area contributed by atoms with Crippen LogP contribution in [0.3, 0.4) is 0 Å². The van der Waals surface area contributed by atoms with Crippen LogP contribution < -0.4 is 5.32 Å². The molecule has 1 rings (SSSR count). The summed E-state index contributed by atoms with van der Waals surface area (Å²) in [6, 6.07) is 10.1. The Bertz CT molecular complexity index is 362. The largest absolute Gasteiger partial charge is 0.355 e. The molecule has 1 N–H and O–H groups in total. The minimum absolute atomic E-state index is 0.0935. The van der Waals surface area contributed by atoms with E-state index in [9.17, 15) is 4.79 Å². The van der Waals surface area contributed by atoms with E-state index in [2.05, 4.69) is 24.4 Å². The van der Waals surface area contributed by atoms with Crippen molar-refractivity contribution in [1.82, 2.24) is 10.2 Å². The highest BCUT2D eigenvalue weighted by Gasteiger charge is 2.20. The van der Waals surface area contributed by atoms with Crippen LogP contribution >= 0.6 is 0 Å². The summed E-state index contributed by atoms with van der Waals surface area (Å²) in [5.74, 6) is 0.130. The number of unbranched alkanes of at least 4 members (excludes halogenated alkanes) is 2. The molecule has 19 heavy (non-hydrogen) atoms. The normalized spacial score (nSPS) is 12.4. The second kappa shape index (κ2) is 8.70.